The van der Waals surface area contributed by atoms with E-state index in [1.807, 2.05) is 5.38 Å². The second kappa shape index (κ2) is 10.5. The van der Waals surface area contributed by atoms with Gasteiger partial charge in [-0.3, -0.25) is 9.69 Å². The molecule has 1 saturated heterocycles. The van der Waals surface area contributed by atoms with Crippen LogP contribution < -0.4 is 10.2 Å². The number of anilines is 2. The van der Waals surface area contributed by atoms with Crippen LogP contribution >= 0.6 is 11.3 Å². The molecule has 3 rings (SSSR count). The van der Waals surface area contributed by atoms with Crippen molar-refractivity contribution >= 4 is 34.2 Å². The number of nitrogens with zero attached hydrogens (tertiary/aromatic N) is 4. The normalized spacial score (nSPS) is 14.7. The van der Waals surface area contributed by atoms with Crippen LogP contribution in [0.3, 0.4) is 0 Å². The minimum Gasteiger partial charge on any atom is -0.462 e. The number of amides is 1. The van der Waals surface area contributed by atoms with E-state index in [-0.39, 0.29) is 18.4 Å². The molecular formula is C21H29N5O3S. The molecule has 2 aromatic rings. The molecule has 0 atom stereocenters. The third-order valence-electron chi connectivity index (χ3n) is 4.80. The number of piperazine rings is 1. The summed E-state index contributed by atoms with van der Waals surface area (Å²) in [6.07, 6.45) is 4.24. The third-order valence-corrected chi connectivity index (χ3v) is 5.75. The minimum atomic E-state index is -0.374. The zero-order valence-corrected chi connectivity index (χ0v) is 18.6. The maximum absolute atomic E-state index is 12.7. The van der Waals surface area contributed by atoms with Gasteiger partial charge in [-0.15, -0.1) is 11.3 Å². The lowest BCUT2D eigenvalue weighted by atomic mass is 10.0. The monoisotopic (exact) mass is 431 g/mol. The van der Waals surface area contributed by atoms with E-state index in [0.717, 1.165) is 44.1 Å². The predicted octanol–water partition coefficient (Wildman–Crippen LogP) is 2.67. The van der Waals surface area contributed by atoms with E-state index >= 15 is 0 Å². The van der Waals surface area contributed by atoms with Crippen molar-refractivity contribution < 1.29 is 14.3 Å². The molecule has 0 saturated carbocycles. The van der Waals surface area contributed by atoms with Gasteiger partial charge < -0.3 is 15.0 Å². The Hall–Kier alpha value is -2.52. The van der Waals surface area contributed by atoms with Gasteiger partial charge in [0.25, 0.3) is 0 Å². The second-order valence-corrected chi connectivity index (χ2v) is 8.52. The first-order chi connectivity index (χ1) is 14.5. The number of thiophene rings is 1. The number of nitrogens with one attached hydrogen (secondary N) is 1. The largest absolute Gasteiger partial charge is 0.462 e. The highest BCUT2D eigenvalue weighted by Gasteiger charge is 2.24. The van der Waals surface area contributed by atoms with Gasteiger partial charge >= 0.3 is 5.97 Å². The molecule has 9 heteroatoms. The smallest absolute Gasteiger partial charge is 0.341 e. The Bertz CT molecular complexity index is 848. The molecular weight excluding hydrogens is 402 g/mol. The average Bonchev–Trinajstić information content (AvgIpc) is 3.10. The standard InChI is InChI=1S/C21H29N5O3S/c1-4-29-20(28)18-16(12-15(2)3)14-30-19(18)24-17(27)13-25-8-10-26(11-9-25)21-22-6-5-7-23-21/h5-7,14-15H,4,8-13H2,1-3H3,(H,24,27). The Morgan fingerprint density at radius 1 is 1.20 bits per heavy atom. The van der Waals surface area contributed by atoms with Crippen molar-refractivity contribution in [2.24, 2.45) is 5.92 Å². The summed E-state index contributed by atoms with van der Waals surface area (Å²) in [4.78, 5) is 37.9. The molecule has 0 spiro atoms. The summed E-state index contributed by atoms with van der Waals surface area (Å²) in [5, 5.41) is 5.45. The fourth-order valence-corrected chi connectivity index (χ4v) is 4.41. The molecule has 0 aliphatic carbocycles. The van der Waals surface area contributed by atoms with Crippen LogP contribution in [0.1, 0.15) is 36.7 Å². The van der Waals surface area contributed by atoms with E-state index in [9.17, 15) is 9.59 Å². The van der Waals surface area contributed by atoms with Crippen LogP contribution in [0.15, 0.2) is 23.8 Å². The number of hydrogen-bond acceptors (Lipinski definition) is 8. The van der Waals surface area contributed by atoms with Gasteiger partial charge in [0.05, 0.1) is 18.7 Å². The zero-order valence-electron chi connectivity index (χ0n) is 17.8. The molecule has 30 heavy (non-hydrogen) atoms. The van der Waals surface area contributed by atoms with E-state index in [1.165, 1.54) is 11.3 Å². The van der Waals surface area contributed by atoms with Crippen LogP contribution in [0.25, 0.3) is 0 Å². The highest BCUT2D eigenvalue weighted by molar-refractivity contribution is 7.15. The molecule has 8 nitrogen and oxygen atoms in total. The van der Waals surface area contributed by atoms with E-state index in [2.05, 4.69) is 38.9 Å². The summed E-state index contributed by atoms with van der Waals surface area (Å²) in [6.45, 7) is 9.60. The van der Waals surface area contributed by atoms with Gasteiger partial charge in [0.15, 0.2) is 0 Å². The quantitative estimate of drug-likeness (QED) is 0.643. The van der Waals surface area contributed by atoms with Gasteiger partial charge in [-0.1, -0.05) is 13.8 Å². The van der Waals surface area contributed by atoms with E-state index < -0.39 is 0 Å². The summed E-state index contributed by atoms with van der Waals surface area (Å²) >= 11 is 1.38. The molecule has 1 amide bonds. The van der Waals surface area contributed by atoms with Crippen molar-refractivity contribution in [2.45, 2.75) is 27.2 Å². The summed E-state index contributed by atoms with van der Waals surface area (Å²) < 4.78 is 5.22. The fourth-order valence-electron chi connectivity index (χ4n) is 3.43. The Kier molecular flexibility index (Phi) is 7.75. The lowest BCUT2D eigenvalue weighted by molar-refractivity contribution is -0.117. The van der Waals surface area contributed by atoms with Gasteiger partial charge in [-0.2, -0.15) is 0 Å². The molecule has 1 fully saturated rings. The SMILES string of the molecule is CCOC(=O)c1c(CC(C)C)csc1NC(=O)CN1CCN(c2ncccn2)CC1. The topological polar surface area (TPSA) is 87.7 Å². The summed E-state index contributed by atoms with van der Waals surface area (Å²) in [5.41, 5.74) is 1.43. The first kappa shape index (κ1) is 22.2. The number of hydrogen-bond donors (Lipinski definition) is 1. The number of ether oxygens (including phenoxy) is 1. The van der Waals surface area contributed by atoms with Crippen molar-refractivity contribution in [3.05, 3.63) is 35.0 Å². The first-order valence-electron chi connectivity index (χ1n) is 10.3. The molecule has 2 aromatic heterocycles. The average molecular weight is 432 g/mol. The van der Waals surface area contributed by atoms with Crippen LogP contribution in [-0.4, -0.2) is 66.1 Å². The van der Waals surface area contributed by atoms with Crippen LogP contribution in [-0.2, 0) is 16.0 Å². The molecule has 1 N–H and O–H groups in total. The second-order valence-electron chi connectivity index (χ2n) is 7.64. The van der Waals surface area contributed by atoms with Gasteiger partial charge in [0.1, 0.15) is 5.00 Å². The predicted molar refractivity (Wildman–Crippen MR) is 118 cm³/mol. The number of rotatable bonds is 8. The Morgan fingerprint density at radius 3 is 2.53 bits per heavy atom. The van der Waals surface area contributed by atoms with Gasteiger partial charge in [-0.05, 0) is 36.3 Å². The zero-order chi connectivity index (χ0) is 21.5. The number of esters is 1. The van der Waals surface area contributed by atoms with Gasteiger partial charge in [0, 0.05) is 38.6 Å². The third kappa shape index (κ3) is 5.76. The number of carbonyl (C=O) groups excluding carboxylic acids is 2. The molecule has 0 aromatic carbocycles. The van der Waals surface area contributed by atoms with Crippen molar-refractivity contribution in [3.8, 4) is 0 Å². The van der Waals surface area contributed by atoms with Crippen LogP contribution in [0, 0.1) is 5.92 Å². The molecule has 0 radical (unpaired) electrons. The van der Waals surface area contributed by atoms with Gasteiger partial charge in [0.2, 0.25) is 11.9 Å². The van der Waals surface area contributed by atoms with E-state index in [1.54, 1.807) is 25.4 Å². The molecule has 0 unspecified atom stereocenters. The van der Waals surface area contributed by atoms with E-state index in [0.29, 0.717) is 23.1 Å². The summed E-state index contributed by atoms with van der Waals surface area (Å²) in [5.74, 6) is 0.627. The number of aromatic nitrogens is 2. The fraction of sp³-hybridized carbons (Fsp3) is 0.524. The summed E-state index contributed by atoms with van der Waals surface area (Å²) in [7, 11) is 0. The van der Waals surface area contributed by atoms with Gasteiger partial charge in [-0.25, -0.2) is 14.8 Å². The number of carbonyl (C=O) groups is 2. The highest BCUT2D eigenvalue weighted by Crippen LogP contribution is 2.31. The lowest BCUT2D eigenvalue weighted by Gasteiger charge is -2.34. The molecule has 0 bridgehead atoms. The summed E-state index contributed by atoms with van der Waals surface area (Å²) in [6, 6.07) is 1.80. The maximum atomic E-state index is 12.7. The molecule has 1 aliphatic rings. The molecule has 1 aliphatic heterocycles. The van der Waals surface area contributed by atoms with E-state index in [4.69, 9.17) is 4.74 Å². The Balaban J connectivity index is 1.58. The van der Waals surface area contributed by atoms with Crippen LogP contribution in [0.5, 0.6) is 0 Å². The maximum Gasteiger partial charge on any atom is 0.341 e. The van der Waals surface area contributed by atoms with Crippen LogP contribution in [0.4, 0.5) is 10.9 Å². The lowest BCUT2D eigenvalue weighted by Crippen LogP contribution is -2.49. The Labute approximate surface area is 181 Å². The molecule has 3 heterocycles. The van der Waals surface area contributed by atoms with Crippen molar-refractivity contribution in [1.29, 1.82) is 0 Å². The Morgan fingerprint density at radius 2 is 1.90 bits per heavy atom. The highest BCUT2D eigenvalue weighted by atomic mass is 32.1. The van der Waals surface area contributed by atoms with Crippen molar-refractivity contribution in [1.82, 2.24) is 14.9 Å². The molecule has 162 valence electrons. The first-order valence-corrected chi connectivity index (χ1v) is 11.2. The minimum absolute atomic E-state index is 0.122. The van der Waals surface area contributed by atoms with Crippen molar-refractivity contribution in [3.63, 3.8) is 0 Å². The van der Waals surface area contributed by atoms with Crippen LogP contribution in [0.2, 0.25) is 0 Å². The van der Waals surface area contributed by atoms with Crippen molar-refractivity contribution in [2.75, 3.05) is 49.5 Å².